The second kappa shape index (κ2) is 4.64. The van der Waals surface area contributed by atoms with Crippen LogP contribution in [0.3, 0.4) is 0 Å². The molecule has 0 aromatic carbocycles. The van der Waals surface area contributed by atoms with Crippen molar-refractivity contribution in [1.82, 2.24) is 14.8 Å². The summed E-state index contributed by atoms with van der Waals surface area (Å²) in [5.74, 6) is 2.80. The molecule has 1 aliphatic rings. The zero-order valence-electron chi connectivity index (χ0n) is 9.66. The molecule has 1 N–H and O–H groups in total. The van der Waals surface area contributed by atoms with Gasteiger partial charge in [0, 0.05) is 20.5 Å². The Labute approximate surface area is 91.1 Å². The van der Waals surface area contributed by atoms with E-state index in [0.717, 1.165) is 24.1 Å². The standard InChI is InChI=1S/C11H20N4/c1-12-11-14-13-10(15(11)2)8-9-6-4-3-5-7-9/h9H,3-8H2,1-2H3,(H,12,14). The monoisotopic (exact) mass is 208 g/mol. The lowest BCUT2D eigenvalue weighted by atomic mass is 9.87. The van der Waals surface area contributed by atoms with Gasteiger partial charge in [0.05, 0.1) is 0 Å². The normalized spacial score (nSPS) is 18.0. The second-order valence-electron chi connectivity index (χ2n) is 4.46. The Bertz CT molecular complexity index is 312. The van der Waals surface area contributed by atoms with Gasteiger partial charge in [-0.15, -0.1) is 10.2 Å². The third-order valence-corrected chi connectivity index (χ3v) is 3.38. The van der Waals surface area contributed by atoms with Crippen molar-refractivity contribution in [3.05, 3.63) is 5.82 Å². The van der Waals surface area contributed by atoms with Crippen LogP contribution in [0.4, 0.5) is 5.95 Å². The van der Waals surface area contributed by atoms with Gasteiger partial charge in [-0.3, -0.25) is 0 Å². The quantitative estimate of drug-likeness (QED) is 0.826. The highest BCUT2D eigenvalue weighted by molar-refractivity contribution is 5.23. The summed E-state index contributed by atoms with van der Waals surface area (Å²) in [5.41, 5.74) is 0. The van der Waals surface area contributed by atoms with Gasteiger partial charge in [0.25, 0.3) is 0 Å². The van der Waals surface area contributed by atoms with Gasteiger partial charge >= 0.3 is 0 Å². The van der Waals surface area contributed by atoms with Crippen LogP contribution in [0.25, 0.3) is 0 Å². The first kappa shape index (κ1) is 10.5. The highest BCUT2D eigenvalue weighted by atomic mass is 15.3. The van der Waals surface area contributed by atoms with E-state index in [9.17, 15) is 0 Å². The smallest absolute Gasteiger partial charge is 0.224 e. The van der Waals surface area contributed by atoms with Gasteiger partial charge in [-0.05, 0) is 5.92 Å². The molecule has 0 unspecified atom stereocenters. The minimum atomic E-state index is 0.825. The lowest BCUT2D eigenvalue weighted by Crippen LogP contribution is -2.12. The molecule has 1 aromatic heterocycles. The number of hydrogen-bond donors (Lipinski definition) is 1. The molecule has 1 aromatic rings. The van der Waals surface area contributed by atoms with E-state index >= 15 is 0 Å². The summed E-state index contributed by atoms with van der Waals surface area (Å²) in [6.45, 7) is 0. The Morgan fingerprint density at radius 3 is 2.60 bits per heavy atom. The maximum atomic E-state index is 4.23. The van der Waals surface area contributed by atoms with Crippen molar-refractivity contribution in [2.45, 2.75) is 38.5 Å². The van der Waals surface area contributed by atoms with Crippen LogP contribution in [-0.4, -0.2) is 21.8 Å². The summed E-state index contributed by atoms with van der Waals surface area (Å²) < 4.78 is 2.06. The maximum absolute atomic E-state index is 4.23. The highest BCUT2D eigenvalue weighted by Gasteiger charge is 2.17. The summed E-state index contributed by atoms with van der Waals surface area (Å²) >= 11 is 0. The van der Waals surface area contributed by atoms with Crippen LogP contribution in [0.5, 0.6) is 0 Å². The first-order valence-electron chi connectivity index (χ1n) is 5.87. The van der Waals surface area contributed by atoms with Crippen molar-refractivity contribution in [3.63, 3.8) is 0 Å². The fourth-order valence-corrected chi connectivity index (χ4v) is 2.41. The van der Waals surface area contributed by atoms with Gasteiger partial charge < -0.3 is 9.88 Å². The number of nitrogens with zero attached hydrogens (tertiary/aromatic N) is 3. The lowest BCUT2D eigenvalue weighted by molar-refractivity contribution is 0.349. The van der Waals surface area contributed by atoms with Crippen molar-refractivity contribution < 1.29 is 0 Å². The first-order chi connectivity index (χ1) is 7.31. The SMILES string of the molecule is CNc1nnc(CC2CCCCC2)n1C. The molecule has 0 radical (unpaired) electrons. The number of aromatic nitrogens is 3. The van der Waals surface area contributed by atoms with Crippen molar-refractivity contribution >= 4 is 5.95 Å². The minimum Gasteiger partial charge on any atom is -0.357 e. The summed E-state index contributed by atoms with van der Waals surface area (Å²) in [6, 6.07) is 0. The zero-order chi connectivity index (χ0) is 10.7. The van der Waals surface area contributed by atoms with Gasteiger partial charge in [-0.1, -0.05) is 32.1 Å². The molecule has 15 heavy (non-hydrogen) atoms. The maximum Gasteiger partial charge on any atom is 0.224 e. The Balaban J connectivity index is 2.00. The minimum absolute atomic E-state index is 0.825. The van der Waals surface area contributed by atoms with E-state index in [1.165, 1.54) is 32.1 Å². The summed E-state index contributed by atoms with van der Waals surface area (Å²) in [4.78, 5) is 0. The van der Waals surface area contributed by atoms with Crippen LogP contribution < -0.4 is 5.32 Å². The van der Waals surface area contributed by atoms with Crippen LogP contribution in [0.15, 0.2) is 0 Å². The van der Waals surface area contributed by atoms with E-state index in [0.29, 0.717) is 0 Å². The van der Waals surface area contributed by atoms with Gasteiger partial charge in [0.15, 0.2) is 0 Å². The number of rotatable bonds is 3. The fourth-order valence-electron chi connectivity index (χ4n) is 2.41. The Hall–Kier alpha value is -1.06. The molecule has 0 amide bonds. The van der Waals surface area contributed by atoms with Crippen LogP contribution in [-0.2, 0) is 13.5 Å². The Morgan fingerprint density at radius 1 is 1.27 bits per heavy atom. The van der Waals surface area contributed by atoms with Gasteiger partial charge in [-0.2, -0.15) is 0 Å². The number of hydrogen-bond acceptors (Lipinski definition) is 3. The summed E-state index contributed by atoms with van der Waals surface area (Å²) in [7, 11) is 3.92. The lowest BCUT2D eigenvalue weighted by Gasteiger charge is -2.20. The Kier molecular flexibility index (Phi) is 3.23. The molecular formula is C11H20N4. The number of anilines is 1. The topological polar surface area (TPSA) is 42.7 Å². The third-order valence-electron chi connectivity index (χ3n) is 3.38. The molecule has 2 rings (SSSR count). The van der Waals surface area contributed by atoms with Gasteiger partial charge in [-0.25, -0.2) is 0 Å². The predicted molar refractivity (Wildman–Crippen MR) is 60.8 cm³/mol. The first-order valence-corrected chi connectivity index (χ1v) is 5.87. The zero-order valence-corrected chi connectivity index (χ0v) is 9.66. The van der Waals surface area contributed by atoms with E-state index in [4.69, 9.17) is 0 Å². The molecular weight excluding hydrogens is 188 g/mol. The third kappa shape index (κ3) is 2.30. The molecule has 1 heterocycles. The second-order valence-corrected chi connectivity index (χ2v) is 4.46. The van der Waals surface area contributed by atoms with Crippen LogP contribution in [0.1, 0.15) is 37.9 Å². The van der Waals surface area contributed by atoms with Crippen molar-refractivity contribution in [2.75, 3.05) is 12.4 Å². The van der Waals surface area contributed by atoms with Crippen LogP contribution in [0, 0.1) is 5.92 Å². The van der Waals surface area contributed by atoms with E-state index in [-0.39, 0.29) is 0 Å². The molecule has 0 atom stereocenters. The van der Waals surface area contributed by atoms with Crippen LogP contribution >= 0.6 is 0 Å². The molecule has 84 valence electrons. The average Bonchev–Trinajstić information content (AvgIpc) is 2.62. The van der Waals surface area contributed by atoms with Crippen molar-refractivity contribution in [3.8, 4) is 0 Å². The molecule has 4 nitrogen and oxygen atoms in total. The molecule has 0 aliphatic heterocycles. The largest absolute Gasteiger partial charge is 0.357 e. The molecule has 0 saturated heterocycles. The van der Waals surface area contributed by atoms with Crippen molar-refractivity contribution in [2.24, 2.45) is 13.0 Å². The number of nitrogens with one attached hydrogen (secondary N) is 1. The van der Waals surface area contributed by atoms with Gasteiger partial charge in [0.1, 0.15) is 5.82 Å². The Morgan fingerprint density at radius 2 is 2.00 bits per heavy atom. The molecule has 1 aliphatic carbocycles. The van der Waals surface area contributed by atoms with Crippen molar-refractivity contribution in [1.29, 1.82) is 0 Å². The predicted octanol–water partition coefficient (Wildman–Crippen LogP) is 1.98. The molecule has 1 fully saturated rings. The van der Waals surface area contributed by atoms with Gasteiger partial charge in [0.2, 0.25) is 5.95 Å². The fraction of sp³-hybridized carbons (Fsp3) is 0.818. The molecule has 0 spiro atoms. The van der Waals surface area contributed by atoms with E-state index in [2.05, 4.69) is 20.1 Å². The molecule has 4 heteroatoms. The van der Waals surface area contributed by atoms with E-state index in [1.54, 1.807) is 0 Å². The van der Waals surface area contributed by atoms with E-state index < -0.39 is 0 Å². The van der Waals surface area contributed by atoms with Crippen LogP contribution in [0.2, 0.25) is 0 Å². The summed E-state index contributed by atoms with van der Waals surface area (Å²) in [5, 5.41) is 11.4. The molecule has 1 saturated carbocycles. The molecule has 0 bridgehead atoms. The highest BCUT2D eigenvalue weighted by Crippen LogP contribution is 2.26. The average molecular weight is 208 g/mol. The van der Waals surface area contributed by atoms with E-state index in [1.807, 2.05) is 14.1 Å². The summed E-state index contributed by atoms with van der Waals surface area (Å²) in [6.07, 6.45) is 8.01.